The fourth-order valence-electron chi connectivity index (χ4n) is 1.85. The van der Waals surface area contributed by atoms with E-state index >= 15 is 0 Å². The number of hydrogen-bond acceptors (Lipinski definition) is 6. The summed E-state index contributed by atoms with van der Waals surface area (Å²) in [5.74, 6) is -4.98. The van der Waals surface area contributed by atoms with Crippen molar-refractivity contribution < 1.29 is 38.9 Å². The maximum atomic E-state index is 12.1. The van der Waals surface area contributed by atoms with Gasteiger partial charge in [-0.2, -0.15) is 0 Å². The first-order valence-corrected chi connectivity index (χ1v) is 7.11. The summed E-state index contributed by atoms with van der Waals surface area (Å²) in [6.07, 6.45) is -1.05. The molecule has 1 rings (SSSR count). The van der Waals surface area contributed by atoms with Gasteiger partial charge in [-0.25, -0.2) is 19.2 Å². The molecule has 130 valence electrons. The number of carboxylic acids is 2. The SMILES string of the molecule is CC(C)OC(=O)c1cc(C(=O)OC(C)C)c(C(=O)O)cc1C(=O)O. The first-order valence-electron chi connectivity index (χ1n) is 7.11. The van der Waals surface area contributed by atoms with E-state index in [1.54, 1.807) is 27.7 Å². The Morgan fingerprint density at radius 3 is 1.25 bits per heavy atom. The van der Waals surface area contributed by atoms with Gasteiger partial charge in [0.05, 0.1) is 34.5 Å². The molecule has 0 aliphatic carbocycles. The summed E-state index contributed by atoms with van der Waals surface area (Å²) in [4.78, 5) is 46.8. The molecule has 0 heterocycles. The molecule has 2 N–H and O–H groups in total. The predicted octanol–water partition coefficient (Wildman–Crippen LogP) is 2.21. The fourth-order valence-corrected chi connectivity index (χ4v) is 1.85. The Bertz CT molecular complexity index is 632. The van der Waals surface area contributed by atoms with Crippen LogP contribution < -0.4 is 0 Å². The molecule has 0 atom stereocenters. The van der Waals surface area contributed by atoms with Crippen LogP contribution >= 0.6 is 0 Å². The second kappa shape index (κ2) is 7.58. The van der Waals surface area contributed by atoms with E-state index in [0.29, 0.717) is 0 Å². The second-order valence-corrected chi connectivity index (χ2v) is 5.46. The molecule has 1 aromatic carbocycles. The number of carbonyl (C=O) groups is 4. The first-order chi connectivity index (χ1) is 11.0. The number of benzene rings is 1. The zero-order valence-electron chi connectivity index (χ0n) is 13.7. The third-order valence-corrected chi connectivity index (χ3v) is 2.74. The van der Waals surface area contributed by atoms with Crippen molar-refractivity contribution in [3.05, 3.63) is 34.4 Å². The minimum atomic E-state index is -1.52. The third-order valence-electron chi connectivity index (χ3n) is 2.74. The van der Waals surface area contributed by atoms with Crippen molar-refractivity contribution in [1.29, 1.82) is 0 Å². The summed E-state index contributed by atoms with van der Waals surface area (Å²) in [6, 6.07) is 1.63. The highest BCUT2D eigenvalue weighted by Crippen LogP contribution is 2.21. The molecular weight excluding hydrogens is 320 g/mol. The molecule has 0 aliphatic heterocycles. The molecule has 0 amide bonds. The Kier molecular flexibility index (Phi) is 6.05. The van der Waals surface area contributed by atoms with E-state index in [2.05, 4.69) is 0 Å². The predicted molar refractivity (Wildman–Crippen MR) is 81.5 cm³/mol. The molecule has 0 aliphatic rings. The molecule has 0 aromatic heterocycles. The van der Waals surface area contributed by atoms with Gasteiger partial charge in [-0.15, -0.1) is 0 Å². The van der Waals surface area contributed by atoms with E-state index in [1.807, 2.05) is 0 Å². The Balaban J connectivity index is 3.57. The van der Waals surface area contributed by atoms with Crippen LogP contribution in [-0.2, 0) is 9.47 Å². The van der Waals surface area contributed by atoms with Crippen LogP contribution in [0.4, 0.5) is 0 Å². The fraction of sp³-hybridized carbons (Fsp3) is 0.375. The average Bonchev–Trinajstić information content (AvgIpc) is 2.43. The van der Waals surface area contributed by atoms with Gasteiger partial charge in [0.15, 0.2) is 0 Å². The van der Waals surface area contributed by atoms with E-state index in [9.17, 15) is 29.4 Å². The highest BCUT2D eigenvalue weighted by Gasteiger charge is 2.27. The zero-order chi connectivity index (χ0) is 18.6. The summed E-state index contributed by atoms with van der Waals surface area (Å²) in [5, 5.41) is 18.4. The smallest absolute Gasteiger partial charge is 0.339 e. The van der Waals surface area contributed by atoms with Gasteiger partial charge in [0.1, 0.15) is 0 Å². The lowest BCUT2D eigenvalue weighted by atomic mass is 9.98. The van der Waals surface area contributed by atoms with Crippen LogP contribution in [0.1, 0.15) is 69.1 Å². The minimum absolute atomic E-state index is 0.420. The number of hydrogen-bond donors (Lipinski definition) is 2. The van der Waals surface area contributed by atoms with Gasteiger partial charge in [0, 0.05) is 0 Å². The zero-order valence-corrected chi connectivity index (χ0v) is 13.7. The van der Waals surface area contributed by atoms with Crippen LogP contribution in [0.3, 0.4) is 0 Å². The van der Waals surface area contributed by atoms with Gasteiger partial charge in [0.25, 0.3) is 0 Å². The van der Waals surface area contributed by atoms with Crippen molar-refractivity contribution in [2.75, 3.05) is 0 Å². The molecular formula is C16H18O8. The van der Waals surface area contributed by atoms with Gasteiger partial charge in [-0.05, 0) is 39.8 Å². The van der Waals surface area contributed by atoms with E-state index in [-0.39, 0.29) is 0 Å². The molecule has 24 heavy (non-hydrogen) atoms. The second-order valence-electron chi connectivity index (χ2n) is 5.46. The number of esters is 2. The van der Waals surface area contributed by atoms with Crippen LogP contribution in [0.25, 0.3) is 0 Å². The molecule has 0 fully saturated rings. The van der Waals surface area contributed by atoms with Crippen molar-refractivity contribution >= 4 is 23.9 Å². The molecule has 0 saturated carbocycles. The number of carboxylic acid groups (broad SMARTS) is 2. The summed E-state index contributed by atoms with van der Waals surface area (Å²) >= 11 is 0. The van der Waals surface area contributed by atoms with E-state index in [4.69, 9.17) is 9.47 Å². The highest BCUT2D eigenvalue weighted by molar-refractivity contribution is 6.09. The molecule has 8 nitrogen and oxygen atoms in total. The molecule has 0 spiro atoms. The van der Waals surface area contributed by atoms with Gasteiger partial charge >= 0.3 is 23.9 Å². The topological polar surface area (TPSA) is 127 Å². The number of aromatic carboxylic acids is 2. The van der Waals surface area contributed by atoms with Crippen molar-refractivity contribution in [1.82, 2.24) is 0 Å². The molecule has 0 unspecified atom stereocenters. The molecule has 0 radical (unpaired) electrons. The van der Waals surface area contributed by atoms with Crippen LogP contribution in [0, 0.1) is 0 Å². The van der Waals surface area contributed by atoms with E-state index in [1.165, 1.54) is 0 Å². The Hall–Kier alpha value is -2.90. The number of carbonyl (C=O) groups excluding carboxylic acids is 2. The van der Waals surface area contributed by atoms with Gasteiger partial charge in [-0.3, -0.25) is 0 Å². The highest BCUT2D eigenvalue weighted by atomic mass is 16.5. The maximum Gasteiger partial charge on any atom is 0.339 e. The quantitative estimate of drug-likeness (QED) is 0.756. The monoisotopic (exact) mass is 338 g/mol. The Labute approximate surface area is 138 Å². The Morgan fingerprint density at radius 1 is 0.708 bits per heavy atom. The minimum Gasteiger partial charge on any atom is -0.478 e. The van der Waals surface area contributed by atoms with Gasteiger partial charge in [0.2, 0.25) is 0 Å². The van der Waals surface area contributed by atoms with Crippen molar-refractivity contribution in [3.63, 3.8) is 0 Å². The maximum absolute atomic E-state index is 12.1. The van der Waals surface area contributed by atoms with E-state index in [0.717, 1.165) is 12.1 Å². The van der Waals surface area contributed by atoms with Crippen molar-refractivity contribution in [2.24, 2.45) is 0 Å². The summed E-state index contributed by atoms with van der Waals surface area (Å²) < 4.78 is 9.88. The summed E-state index contributed by atoms with van der Waals surface area (Å²) in [6.45, 7) is 6.27. The van der Waals surface area contributed by atoms with Crippen LogP contribution in [0.5, 0.6) is 0 Å². The lowest BCUT2D eigenvalue weighted by molar-refractivity contribution is 0.0365. The number of ether oxygens (including phenoxy) is 2. The molecule has 0 bridgehead atoms. The standard InChI is InChI=1S/C16H18O8/c1-7(2)23-15(21)11-6-12(16(22)24-8(3)4)10(14(19)20)5-9(11)13(17)18/h5-8H,1-4H3,(H,17,18)(H,19,20). The van der Waals surface area contributed by atoms with Crippen LogP contribution in [0.15, 0.2) is 12.1 Å². The number of rotatable bonds is 6. The van der Waals surface area contributed by atoms with E-state index < -0.39 is 58.3 Å². The largest absolute Gasteiger partial charge is 0.478 e. The molecule has 8 heteroatoms. The van der Waals surface area contributed by atoms with Gasteiger partial charge < -0.3 is 19.7 Å². The van der Waals surface area contributed by atoms with Crippen LogP contribution in [0.2, 0.25) is 0 Å². The molecule has 0 saturated heterocycles. The third kappa shape index (κ3) is 4.55. The Morgan fingerprint density at radius 2 is 1.00 bits per heavy atom. The summed E-state index contributed by atoms with van der Waals surface area (Å²) in [5.41, 5.74) is -1.98. The van der Waals surface area contributed by atoms with Gasteiger partial charge in [-0.1, -0.05) is 0 Å². The first kappa shape index (κ1) is 19.1. The lowest BCUT2D eigenvalue weighted by Gasteiger charge is -2.14. The molecule has 1 aromatic rings. The normalized spacial score (nSPS) is 10.6. The van der Waals surface area contributed by atoms with Crippen molar-refractivity contribution in [2.45, 2.75) is 39.9 Å². The van der Waals surface area contributed by atoms with Crippen molar-refractivity contribution in [3.8, 4) is 0 Å². The lowest BCUT2D eigenvalue weighted by Crippen LogP contribution is -2.21. The average molecular weight is 338 g/mol. The van der Waals surface area contributed by atoms with Crippen LogP contribution in [-0.4, -0.2) is 46.3 Å². The summed E-state index contributed by atoms with van der Waals surface area (Å²) in [7, 11) is 0.